The van der Waals surface area contributed by atoms with Crippen molar-refractivity contribution in [3.8, 4) is 5.88 Å². The topological polar surface area (TPSA) is 57.7 Å². The molecule has 184 valence electrons. The molecule has 1 spiro atoms. The molecule has 1 aliphatic heterocycles. The molecule has 2 fully saturated rings. The number of anilines is 2. The van der Waals surface area contributed by atoms with Gasteiger partial charge >= 0.3 is 12.6 Å². The van der Waals surface area contributed by atoms with Gasteiger partial charge in [0.2, 0.25) is 5.88 Å². The van der Waals surface area contributed by atoms with Crippen LogP contribution in [0.25, 0.3) is 0 Å². The Morgan fingerprint density at radius 2 is 1.85 bits per heavy atom. The van der Waals surface area contributed by atoms with Crippen LogP contribution in [-0.4, -0.2) is 48.7 Å². The highest BCUT2D eigenvalue weighted by molar-refractivity contribution is 6.03. The van der Waals surface area contributed by atoms with Crippen molar-refractivity contribution < 1.29 is 18.3 Å². The van der Waals surface area contributed by atoms with Crippen LogP contribution < -0.4 is 15.0 Å². The van der Waals surface area contributed by atoms with Crippen LogP contribution in [0, 0.1) is 12.3 Å². The van der Waals surface area contributed by atoms with Crippen LogP contribution in [0.5, 0.6) is 5.88 Å². The standard InChI is InChI=1S/C26H34F2N4O2/c1-17(2)20-7-5-6-8-22(20)32(19-11-13-26(14-12-19)15-31(4)16-26)25(33)30-21-10-9-18(3)29-23(21)34-24(27)28/h5-10,17,19,24H,11-16H2,1-4H3,(H,30,33). The molecule has 2 aromatic rings. The Morgan fingerprint density at radius 1 is 1.18 bits per heavy atom. The first-order valence-electron chi connectivity index (χ1n) is 12.0. The van der Waals surface area contributed by atoms with E-state index in [-0.39, 0.29) is 29.6 Å². The molecule has 0 bridgehead atoms. The number of alkyl halides is 2. The van der Waals surface area contributed by atoms with E-state index in [0.717, 1.165) is 50.0 Å². The van der Waals surface area contributed by atoms with Crippen LogP contribution in [-0.2, 0) is 0 Å². The number of benzene rings is 1. The first-order valence-corrected chi connectivity index (χ1v) is 12.0. The first-order chi connectivity index (χ1) is 16.2. The fraction of sp³-hybridized carbons (Fsp3) is 0.538. The average molecular weight is 473 g/mol. The number of pyridine rings is 1. The normalized spacial score (nSPS) is 18.2. The summed E-state index contributed by atoms with van der Waals surface area (Å²) in [4.78, 5) is 22.0. The van der Waals surface area contributed by atoms with Crippen molar-refractivity contribution in [1.29, 1.82) is 0 Å². The maximum Gasteiger partial charge on any atom is 0.388 e. The van der Waals surface area contributed by atoms with Crippen molar-refractivity contribution in [3.05, 3.63) is 47.7 Å². The minimum atomic E-state index is -3.03. The number of halogens is 2. The van der Waals surface area contributed by atoms with Crippen LogP contribution in [0.2, 0.25) is 0 Å². The van der Waals surface area contributed by atoms with Crippen molar-refractivity contribution in [2.24, 2.45) is 5.41 Å². The van der Waals surface area contributed by atoms with Gasteiger partial charge in [-0.25, -0.2) is 9.78 Å². The zero-order valence-electron chi connectivity index (χ0n) is 20.4. The van der Waals surface area contributed by atoms with Crippen LogP contribution in [0.15, 0.2) is 36.4 Å². The molecule has 2 amide bonds. The maximum absolute atomic E-state index is 13.7. The molecule has 2 heterocycles. The molecule has 8 heteroatoms. The van der Waals surface area contributed by atoms with E-state index in [1.54, 1.807) is 19.1 Å². The lowest BCUT2D eigenvalue weighted by Gasteiger charge is -2.53. The average Bonchev–Trinajstić information content (AvgIpc) is 2.76. The molecule has 2 aliphatic rings. The molecular formula is C26H34F2N4O2. The Hall–Kier alpha value is -2.74. The molecule has 0 radical (unpaired) electrons. The van der Waals surface area contributed by atoms with Gasteiger partial charge in [-0.15, -0.1) is 0 Å². The Kier molecular flexibility index (Phi) is 7.07. The van der Waals surface area contributed by atoms with Crippen LogP contribution >= 0.6 is 0 Å². The fourth-order valence-electron chi connectivity index (χ4n) is 5.53. The van der Waals surface area contributed by atoms with Crippen LogP contribution in [0.4, 0.5) is 25.0 Å². The molecule has 6 nitrogen and oxygen atoms in total. The van der Waals surface area contributed by atoms with E-state index < -0.39 is 6.61 Å². The zero-order valence-corrected chi connectivity index (χ0v) is 20.4. The quantitative estimate of drug-likeness (QED) is 0.558. The number of aromatic nitrogens is 1. The number of ether oxygens (including phenoxy) is 1. The van der Waals surface area contributed by atoms with Crippen LogP contribution in [0.3, 0.4) is 0 Å². The summed E-state index contributed by atoms with van der Waals surface area (Å²) >= 11 is 0. The molecule has 1 saturated carbocycles. The molecule has 1 aromatic carbocycles. The summed E-state index contributed by atoms with van der Waals surface area (Å²) in [6, 6.07) is 10.8. The number of rotatable bonds is 6. The van der Waals surface area contributed by atoms with Gasteiger partial charge in [0.25, 0.3) is 0 Å². The molecular weight excluding hydrogens is 438 g/mol. The number of hydrogen-bond donors (Lipinski definition) is 1. The summed E-state index contributed by atoms with van der Waals surface area (Å²) in [5.74, 6) is -0.0546. The maximum atomic E-state index is 13.7. The number of amides is 2. The van der Waals surface area contributed by atoms with Crippen molar-refractivity contribution in [1.82, 2.24) is 9.88 Å². The molecule has 4 rings (SSSR count). The van der Waals surface area contributed by atoms with E-state index in [1.165, 1.54) is 0 Å². The lowest BCUT2D eigenvalue weighted by molar-refractivity contribution is -0.0523. The number of carbonyl (C=O) groups excluding carboxylic acids is 1. The predicted octanol–water partition coefficient (Wildman–Crippen LogP) is 6.03. The number of hydrogen-bond acceptors (Lipinski definition) is 4. The second kappa shape index (κ2) is 9.86. The van der Waals surface area contributed by atoms with Gasteiger partial charge in [-0.3, -0.25) is 4.90 Å². The lowest BCUT2D eigenvalue weighted by atomic mass is 9.67. The predicted molar refractivity (Wildman–Crippen MR) is 130 cm³/mol. The monoisotopic (exact) mass is 472 g/mol. The van der Waals surface area contributed by atoms with E-state index >= 15 is 0 Å². The van der Waals surface area contributed by atoms with E-state index in [0.29, 0.717) is 11.1 Å². The number of aryl methyl sites for hydroxylation is 1. The van der Waals surface area contributed by atoms with Crippen molar-refractivity contribution >= 4 is 17.4 Å². The highest BCUT2D eigenvalue weighted by atomic mass is 19.3. The Balaban J connectivity index is 1.63. The molecule has 0 atom stereocenters. The van der Waals surface area contributed by atoms with Gasteiger partial charge in [0.1, 0.15) is 5.69 Å². The lowest BCUT2D eigenvalue weighted by Crippen LogP contribution is -2.57. The second-order valence-corrected chi connectivity index (χ2v) is 10.1. The third kappa shape index (κ3) is 5.17. The molecule has 1 aromatic heterocycles. The zero-order chi connectivity index (χ0) is 24.5. The first kappa shape index (κ1) is 24.4. The number of nitrogens with zero attached hydrogens (tertiary/aromatic N) is 3. The third-order valence-electron chi connectivity index (χ3n) is 7.07. The SMILES string of the molecule is Cc1ccc(NC(=O)N(c2ccccc2C(C)C)C2CCC3(CC2)CN(C)C3)c(OC(F)F)n1. The summed E-state index contributed by atoms with van der Waals surface area (Å²) in [7, 11) is 2.14. The summed E-state index contributed by atoms with van der Waals surface area (Å²) in [6.45, 7) is 5.08. The number of likely N-dealkylation sites (tertiary alicyclic amines) is 1. The molecule has 1 saturated heterocycles. The van der Waals surface area contributed by atoms with Gasteiger partial charge in [-0.2, -0.15) is 8.78 Å². The van der Waals surface area contributed by atoms with Gasteiger partial charge in [0.15, 0.2) is 0 Å². The second-order valence-electron chi connectivity index (χ2n) is 10.1. The highest BCUT2D eigenvalue weighted by Crippen LogP contribution is 2.45. The minimum Gasteiger partial charge on any atom is -0.415 e. The number of carbonyl (C=O) groups is 1. The van der Waals surface area contributed by atoms with Gasteiger partial charge in [0, 0.05) is 30.5 Å². The minimum absolute atomic E-state index is 0.0225. The van der Waals surface area contributed by atoms with E-state index in [9.17, 15) is 13.6 Å². The summed E-state index contributed by atoms with van der Waals surface area (Å²) in [5, 5.41) is 2.82. The number of nitrogens with one attached hydrogen (secondary N) is 1. The van der Waals surface area contributed by atoms with Gasteiger partial charge in [-0.1, -0.05) is 32.0 Å². The third-order valence-corrected chi connectivity index (χ3v) is 7.07. The van der Waals surface area contributed by atoms with E-state index in [4.69, 9.17) is 0 Å². The smallest absolute Gasteiger partial charge is 0.388 e. The van der Waals surface area contributed by atoms with Crippen molar-refractivity contribution in [2.45, 2.75) is 65.0 Å². The summed E-state index contributed by atoms with van der Waals surface area (Å²) in [5.41, 5.74) is 2.96. The molecule has 1 N–H and O–H groups in total. The number of para-hydroxylation sites is 1. The Bertz CT molecular complexity index is 1010. The molecule has 34 heavy (non-hydrogen) atoms. The van der Waals surface area contributed by atoms with E-state index in [2.05, 4.69) is 40.8 Å². The van der Waals surface area contributed by atoms with Gasteiger partial charge in [-0.05, 0) is 74.8 Å². The summed E-state index contributed by atoms with van der Waals surface area (Å²) < 4.78 is 30.5. The van der Waals surface area contributed by atoms with Gasteiger partial charge < -0.3 is 15.0 Å². The molecule has 1 aliphatic carbocycles. The Morgan fingerprint density at radius 3 is 2.47 bits per heavy atom. The largest absolute Gasteiger partial charge is 0.415 e. The number of urea groups is 1. The fourth-order valence-corrected chi connectivity index (χ4v) is 5.53. The Labute approximate surface area is 200 Å². The highest BCUT2D eigenvalue weighted by Gasteiger charge is 2.45. The van der Waals surface area contributed by atoms with Crippen molar-refractivity contribution in [3.63, 3.8) is 0 Å². The molecule has 0 unspecified atom stereocenters. The van der Waals surface area contributed by atoms with Crippen LogP contribution in [0.1, 0.15) is 56.7 Å². The summed E-state index contributed by atoms with van der Waals surface area (Å²) in [6.07, 6.45) is 3.95. The van der Waals surface area contributed by atoms with Crippen molar-refractivity contribution in [2.75, 3.05) is 30.4 Å². The van der Waals surface area contributed by atoms with E-state index in [1.807, 2.05) is 29.2 Å². The van der Waals surface area contributed by atoms with Gasteiger partial charge in [0.05, 0.1) is 0 Å².